The molecule has 17 heavy (non-hydrogen) atoms. The molecule has 4 heteroatoms. The summed E-state index contributed by atoms with van der Waals surface area (Å²) in [6, 6.07) is 3.06. The van der Waals surface area contributed by atoms with Crippen molar-refractivity contribution in [2.75, 3.05) is 6.54 Å². The molecule has 1 rings (SSSR count). The van der Waals surface area contributed by atoms with Crippen molar-refractivity contribution >= 4 is 5.91 Å². The first-order chi connectivity index (χ1) is 7.91. The topological polar surface area (TPSA) is 49.3 Å². The molecule has 2 N–H and O–H groups in total. The largest absolute Gasteiger partial charge is 0.393 e. The van der Waals surface area contributed by atoms with Crippen molar-refractivity contribution in [3.8, 4) is 0 Å². The quantitative estimate of drug-likeness (QED) is 0.843. The fourth-order valence-corrected chi connectivity index (χ4v) is 1.57. The molecule has 1 aromatic carbocycles. The summed E-state index contributed by atoms with van der Waals surface area (Å²) in [7, 11) is 0. The summed E-state index contributed by atoms with van der Waals surface area (Å²) in [6.07, 6.45) is 0.0669. The molecule has 0 fully saturated rings. The zero-order valence-electron chi connectivity index (χ0n) is 10.4. The highest BCUT2D eigenvalue weighted by Crippen LogP contribution is 2.14. The van der Waals surface area contributed by atoms with E-state index >= 15 is 0 Å². The monoisotopic (exact) mass is 239 g/mol. The summed E-state index contributed by atoms with van der Waals surface area (Å²) in [5, 5.41) is 11.7. The number of nitrogens with one attached hydrogen (secondary N) is 1. The van der Waals surface area contributed by atoms with E-state index in [2.05, 4.69) is 5.32 Å². The minimum absolute atomic E-state index is 0.239. The highest BCUT2D eigenvalue weighted by molar-refractivity contribution is 5.94. The van der Waals surface area contributed by atoms with Crippen LogP contribution in [0, 0.1) is 19.7 Å². The third-order valence-corrected chi connectivity index (χ3v) is 2.55. The van der Waals surface area contributed by atoms with Crippen LogP contribution in [0.25, 0.3) is 0 Å². The predicted octanol–water partition coefficient (Wildman–Crippen LogP) is 1.94. The van der Waals surface area contributed by atoms with Crippen LogP contribution in [-0.4, -0.2) is 23.7 Å². The van der Waals surface area contributed by atoms with Gasteiger partial charge in [0.2, 0.25) is 0 Å². The molecule has 1 aromatic rings. The molecule has 0 bridgehead atoms. The molecule has 1 atom stereocenters. The predicted molar refractivity (Wildman–Crippen MR) is 64.5 cm³/mol. The fraction of sp³-hybridized carbons (Fsp3) is 0.462. The summed E-state index contributed by atoms with van der Waals surface area (Å²) in [4.78, 5) is 11.7. The average molecular weight is 239 g/mol. The maximum Gasteiger partial charge on any atom is 0.251 e. The maximum absolute atomic E-state index is 13.4. The molecule has 0 aliphatic rings. The van der Waals surface area contributed by atoms with Crippen molar-refractivity contribution in [3.05, 3.63) is 34.6 Å². The first kappa shape index (κ1) is 13.6. The Balaban J connectivity index is 2.70. The number of carbonyl (C=O) groups excluding carboxylic acids is 1. The van der Waals surface area contributed by atoms with Crippen LogP contribution in [0.3, 0.4) is 0 Å². The van der Waals surface area contributed by atoms with E-state index < -0.39 is 6.10 Å². The van der Waals surface area contributed by atoms with Gasteiger partial charge in [-0.15, -0.1) is 0 Å². The molecule has 1 unspecified atom stereocenters. The number of benzene rings is 1. The second-order valence-electron chi connectivity index (χ2n) is 4.32. The van der Waals surface area contributed by atoms with E-state index in [0.29, 0.717) is 29.7 Å². The molecular weight excluding hydrogens is 221 g/mol. The van der Waals surface area contributed by atoms with Crippen LogP contribution < -0.4 is 5.32 Å². The molecule has 0 spiro atoms. The van der Waals surface area contributed by atoms with Crippen molar-refractivity contribution in [2.24, 2.45) is 0 Å². The van der Waals surface area contributed by atoms with Crippen LogP contribution in [0.4, 0.5) is 4.39 Å². The number of aliphatic hydroxyl groups is 1. The Morgan fingerprint density at radius 2 is 1.94 bits per heavy atom. The van der Waals surface area contributed by atoms with Gasteiger partial charge in [0.15, 0.2) is 0 Å². The van der Waals surface area contributed by atoms with Crippen LogP contribution in [0.2, 0.25) is 0 Å². The molecule has 0 aromatic heterocycles. The van der Waals surface area contributed by atoms with Crippen LogP contribution >= 0.6 is 0 Å². The normalized spacial score (nSPS) is 12.3. The Bertz CT molecular complexity index is 393. The van der Waals surface area contributed by atoms with E-state index in [1.54, 1.807) is 20.8 Å². The van der Waals surface area contributed by atoms with Gasteiger partial charge in [0.05, 0.1) is 6.10 Å². The lowest BCUT2D eigenvalue weighted by Crippen LogP contribution is -2.26. The number of aliphatic hydroxyl groups excluding tert-OH is 1. The van der Waals surface area contributed by atoms with E-state index in [9.17, 15) is 9.18 Å². The lowest BCUT2D eigenvalue weighted by molar-refractivity contribution is 0.0945. The molecule has 0 saturated heterocycles. The molecule has 0 aliphatic carbocycles. The number of amides is 1. The van der Waals surface area contributed by atoms with Gasteiger partial charge in [-0.2, -0.15) is 0 Å². The minimum atomic E-state index is -0.438. The van der Waals surface area contributed by atoms with Crippen molar-refractivity contribution < 1.29 is 14.3 Å². The molecule has 0 heterocycles. The smallest absolute Gasteiger partial charge is 0.251 e. The van der Waals surface area contributed by atoms with Gasteiger partial charge in [-0.3, -0.25) is 4.79 Å². The van der Waals surface area contributed by atoms with Gasteiger partial charge >= 0.3 is 0 Å². The first-order valence-corrected chi connectivity index (χ1v) is 5.65. The zero-order valence-corrected chi connectivity index (χ0v) is 10.4. The number of halogens is 1. The van der Waals surface area contributed by atoms with E-state index in [1.807, 2.05) is 0 Å². The fourth-order valence-electron chi connectivity index (χ4n) is 1.57. The third kappa shape index (κ3) is 3.82. The Kier molecular flexibility index (Phi) is 4.63. The summed E-state index contributed by atoms with van der Waals surface area (Å²) in [5.74, 6) is -0.512. The number of hydrogen-bond acceptors (Lipinski definition) is 2. The van der Waals surface area contributed by atoms with Gasteiger partial charge in [-0.25, -0.2) is 4.39 Å². The second-order valence-corrected chi connectivity index (χ2v) is 4.32. The lowest BCUT2D eigenvalue weighted by Gasteiger charge is -2.09. The van der Waals surface area contributed by atoms with Crippen LogP contribution in [-0.2, 0) is 0 Å². The van der Waals surface area contributed by atoms with Crippen LogP contribution in [0.15, 0.2) is 12.1 Å². The van der Waals surface area contributed by atoms with Crippen LogP contribution in [0.1, 0.15) is 34.8 Å². The molecular formula is C13H18FNO2. The summed E-state index contributed by atoms with van der Waals surface area (Å²) >= 11 is 0. The van der Waals surface area contributed by atoms with Gasteiger partial charge in [-0.05, 0) is 50.5 Å². The highest BCUT2D eigenvalue weighted by atomic mass is 19.1. The van der Waals surface area contributed by atoms with Crippen molar-refractivity contribution in [1.29, 1.82) is 0 Å². The lowest BCUT2D eigenvalue weighted by atomic mass is 10.1. The Morgan fingerprint density at radius 1 is 1.41 bits per heavy atom. The van der Waals surface area contributed by atoms with Gasteiger partial charge in [-0.1, -0.05) is 0 Å². The van der Waals surface area contributed by atoms with Gasteiger partial charge < -0.3 is 10.4 Å². The van der Waals surface area contributed by atoms with E-state index in [0.717, 1.165) is 0 Å². The summed E-state index contributed by atoms with van der Waals surface area (Å²) < 4.78 is 13.4. The highest BCUT2D eigenvalue weighted by Gasteiger charge is 2.10. The summed E-state index contributed by atoms with van der Waals surface area (Å²) in [6.45, 7) is 5.34. The van der Waals surface area contributed by atoms with E-state index in [-0.39, 0.29) is 11.7 Å². The second kappa shape index (κ2) is 5.77. The number of carbonyl (C=O) groups is 1. The molecule has 0 aliphatic heterocycles. The van der Waals surface area contributed by atoms with Gasteiger partial charge in [0.25, 0.3) is 5.91 Å². The van der Waals surface area contributed by atoms with Crippen molar-refractivity contribution in [2.45, 2.75) is 33.3 Å². The average Bonchev–Trinajstić information content (AvgIpc) is 2.24. The molecule has 1 amide bonds. The van der Waals surface area contributed by atoms with E-state index in [1.165, 1.54) is 12.1 Å². The number of hydrogen-bond donors (Lipinski definition) is 2. The van der Waals surface area contributed by atoms with Crippen LogP contribution in [0.5, 0.6) is 0 Å². The molecule has 94 valence electrons. The third-order valence-electron chi connectivity index (χ3n) is 2.55. The Morgan fingerprint density at radius 3 is 2.41 bits per heavy atom. The minimum Gasteiger partial charge on any atom is -0.393 e. The Hall–Kier alpha value is -1.42. The van der Waals surface area contributed by atoms with Gasteiger partial charge in [0.1, 0.15) is 5.82 Å². The summed E-state index contributed by atoms with van der Waals surface area (Å²) in [5.41, 5.74) is 1.38. The number of aryl methyl sites for hydroxylation is 2. The molecule has 3 nitrogen and oxygen atoms in total. The van der Waals surface area contributed by atoms with Crippen molar-refractivity contribution in [3.63, 3.8) is 0 Å². The first-order valence-electron chi connectivity index (χ1n) is 5.65. The van der Waals surface area contributed by atoms with E-state index in [4.69, 9.17) is 5.11 Å². The standard InChI is InChI=1S/C13H18FNO2/c1-8-6-11(7-9(2)12(8)14)13(17)15-5-4-10(3)16/h6-7,10,16H,4-5H2,1-3H3,(H,15,17). The Labute approximate surface area is 101 Å². The molecule has 0 radical (unpaired) electrons. The number of rotatable bonds is 4. The van der Waals surface area contributed by atoms with Crippen molar-refractivity contribution in [1.82, 2.24) is 5.32 Å². The van der Waals surface area contributed by atoms with Gasteiger partial charge in [0, 0.05) is 12.1 Å². The SMILES string of the molecule is Cc1cc(C(=O)NCCC(C)O)cc(C)c1F. The zero-order chi connectivity index (χ0) is 13.0. The maximum atomic E-state index is 13.4. The molecule has 0 saturated carbocycles.